The Morgan fingerprint density at radius 2 is 2.40 bits per heavy atom. The Morgan fingerprint density at radius 3 is 2.93 bits per heavy atom. The molecular formula is C8H12N2O3S2. The number of nitrogens with two attached hydrogens (primary N) is 1. The maximum Gasteiger partial charge on any atom is 0.250 e. The Balaban J connectivity index is 2.12. The SMILES string of the molecule is Nc1csc(S(=O)(=O)NC2CCOC2)c1. The first kappa shape index (κ1) is 10.9. The van der Waals surface area contributed by atoms with E-state index in [-0.39, 0.29) is 10.3 Å². The molecule has 0 bridgehead atoms. The quantitative estimate of drug-likeness (QED) is 0.811. The Hall–Kier alpha value is -0.630. The Kier molecular flexibility index (Phi) is 2.96. The number of hydrogen-bond acceptors (Lipinski definition) is 5. The van der Waals surface area contributed by atoms with Crippen LogP contribution in [0.3, 0.4) is 0 Å². The zero-order chi connectivity index (χ0) is 10.9. The molecule has 2 heterocycles. The lowest BCUT2D eigenvalue weighted by atomic mass is 10.3. The number of sulfonamides is 1. The second-order valence-electron chi connectivity index (χ2n) is 3.38. The van der Waals surface area contributed by atoms with Gasteiger partial charge in [-0.05, 0) is 12.5 Å². The van der Waals surface area contributed by atoms with Gasteiger partial charge in [-0.2, -0.15) is 0 Å². The van der Waals surface area contributed by atoms with Crippen molar-refractivity contribution < 1.29 is 13.2 Å². The molecule has 5 nitrogen and oxygen atoms in total. The number of anilines is 1. The average Bonchev–Trinajstić information content (AvgIpc) is 2.75. The van der Waals surface area contributed by atoms with E-state index >= 15 is 0 Å². The standard InChI is InChI=1S/C8H12N2O3S2/c9-6-3-8(14-5-6)15(11,12)10-7-1-2-13-4-7/h3,5,7,10H,1-2,4,9H2. The first-order valence-corrected chi connectivity index (χ1v) is 6.88. The molecule has 0 aromatic carbocycles. The van der Waals surface area contributed by atoms with E-state index in [2.05, 4.69) is 4.72 Å². The summed E-state index contributed by atoms with van der Waals surface area (Å²) in [6.07, 6.45) is 0.722. The molecule has 1 fully saturated rings. The molecule has 0 aliphatic carbocycles. The molecule has 1 aliphatic rings. The van der Waals surface area contributed by atoms with Crippen LogP contribution in [0.25, 0.3) is 0 Å². The molecule has 1 unspecified atom stereocenters. The van der Waals surface area contributed by atoms with Crippen molar-refractivity contribution in [2.75, 3.05) is 18.9 Å². The minimum atomic E-state index is -3.41. The second kappa shape index (κ2) is 4.09. The summed E-state index contributed by atoms with van der Waals surface area (Å²) in [5.41, 5.74) is 5.95. The van der Waals surface area contributed by atoms with Crippen molar-refractivity contribution in [1.82, 2.24) is 4.72 Å². The molecule has 7 heteroatoms. The van der Waals surface area contributed by atoms with E-state index in [9.17, 15) is 8.42 Å². The molecule has 84 valence electrons. The van der Waals surface area contributed by atoms with E-state index in [1.807, 2.05) is 0 Å². The molecule has 0 amide bonds. The zero-order valence-corrected chi connectivity index (χ0v) is 9.60. The minimum absolute atomic E-state index is 0.113. The van der Waals surface area contributed by atoms with E-state index < -0.39 is 10.0 Å². The highest BCUT2D eigenvalue weighted by atomic mass is 32.2. The predicted molar refractivity (Wildman–Crippen MR) is 58.3 cm³/mol. The van der Waals surface area contributed by atoms with Crippen molar-refractivity contribution in [3.8, 4) is 0 Å². The van der Waals surface area contributed by atoms with Crippen LogP contribution in [0.5, 0.6) is 0 Å². The van der Waals surface area contributed by atoms with Crippen molar-refractivity contribution in [2.45, 2.75) is 16.7 Å². The lowest BCUT2D eigenvalue weighted by Crippen LogP contribution is -2.34. The molecule has 0 radical (unpaired) electrons. The highest BCUT2D eigenvalue weighted by Crippen LogP contribution is 2.22. The monoisotopic (exact) mass is 248 g/mol. The van der Waals surface area contributed by atoms with E-state index in [4.69, 9.17) is 10.5 Å². The molecule has 1 aromatic rings. The highest BCUT2D eigenvalue weighted by molar-refractivity contribution is 7.91. The van der Waals surface area contributed by atoms with Crippen LogP contribution in [0.1, 0.15) is 6.42 Å². The summed E-state index contributed by atoms with van der Waals surface area (Å²) in [5.74, 6) is 0. The minimum Gasteiger partial charge on any atom is -0.398 e. The van der Waals surface area contributed by atoms with Gasteiger partial charge in [0.05, 0.1) is 6.61 Å². The van der Waals surface area contributed by atoms with Crippen LogP contribution in [-0.4, -0.2) is 27.7 Å². The van der Waals surface area contributed by atoms with E-state index in [1.54, 1.807) is 5.38 Å². The molecule has 0 spiro atoms. The van der Waals surface area contributed by atoms with Crippen molar-refractivity contribution in [2.24, 2.45) is 0 Å². The molecule has 1 saturated heterocycles. The van der Waals surface area contributed by atoms with Gasteiger partial charge in [0.15, 0.2) is 0 Å². The van der Waals surface area contributed by atoms with E-state index in [1.165, 1.54) is 6.07 Å². The first-order chi connectivity index (χ1) is 7.08. The molecule has 2 rings (SSSR count). The van der Waals surface area contributed by atoms with Gasteiger partial charge in [-0.1, -0.05) is 0 Å². The number of thiophene rings is 1. The van der Waals surface area contributed by atoms with Crippen LogP contribution in [0.4, 0.5) is 5.69 Å². The summed E-state index contributed by atoms with van der Waals surface area (Å²) in [7, 11) is -3.41. The fourth-order valence-corrected chi connectivity index (χ4v) is 3.73. The van der Waals surface area contributed by atoms with Gasteiger partial charge < -0.3 is 10.5 Å². The number of hydrogen-bond donors (Lipinski definition) is 2. The van der Waals surface area contributed by atoms with Crippen molar-refractivity contribution >= 4 is 27.0 Å². The van der Waals surface area contributed by atoms with Crippen LogP contribution in [0.15, 0.2) is 15.7 Å². The number of nitrogens with one attached hydrogen (secondary N) is 1. The van der Waals surface area contributed by atoms with Crippen LogP contribution in [0.2, 0.25) is 0 Å². The topological polar surface area (TPSA) is 81.4 Å². The van der Waals surface area contributed by atoms with Crippen molar-refractivity contribution in [3.63, 3.8) is 0 Å². The highest BCUT2D eigenvalue weighted by Gasteiger charge is 2.24. The summed E-state index contributed by atoms with van der Waals surface area (Å²) < 4.78 is 31.5. The fraction of sp³-hybridized carbons (Fsp3) is 0.500. The van der Waals surface area contributed by atoms with Crippen LogP contribution in [0, 0.1) is 0 Å². The molecule has 3 N–H and O–H groups in total. The Morgan fingerprint density at radius 1 is 1.60 bits per heavy atom. The lowest BCUT2D eigenvalue weighted by molar-refractivity contribution is 0.192. The molecule has 1 aromatic heterocycles. The molecule has 0 saturated carbocycles. The third kappa shape index (κ3) is 2.49. The third-order valence-electron chi connectivity index (χ3n) is 2.11. The van der Waals surface area contributed by atoms with Gasteiger partial charge >= 0.3 is 0 Å². The van der Waals surface area contributed by atoms with Gasteiger partial charge in [0.25, 0.3) is 0 Å². The zero-order valence-electron chi connectivity index (χ0n) is 7.97. The Bertz CT molecular complexity index is 434. The van der Waals surface area contributed by atoms with Crippen LogP contribution >= 0.6 is 11.3 Å². The van der Waals surface area contributed by atoms with Crippen LogP contribution < -0.4 is 10.5 Å². The van der Waals surface area contributed by atoms with Crippen molar-refractivity contribution in [3.05, 3.63) is 11.4 Å². The van der Waals surface area contributed by atoms with Crippen molar-refractivity contribution in [1.29, 1.82) is 0 Å². The molecule has 1 atom stereocenters. The van der Waals surface area contributed by atoms with E-state index in [0.717, 1.165) is 17.8 Å². The second-order valence-corrected chi connectivity index (χ2v) is 6.23. The maximum absolute atomic E-state index is 11.8. The van der Waals surface area contributed by atoms with Gasteiger partial charge in [-0.3, -0.25) is 0 Å². The predicted octanol–water partition coefficient (Wildman–Crippen LogP) is 0.397. The smallest absolute Gasteiger partial charge is 0.250 e. The van der Waals surface area contributed by atoms with Gasteiger partial charge in [-0.25, -0.2) is 13.1 Å². The van der Waals surface area contributed by atoms with Gasteiger partial charge in [0.1, 0.15) is 4.21 Å². The summed E-state index contributed by atoms with van der Waals surface area (Å²) in [5, 5.41) is 1.61. The van der Waals surface area contributed by atoms with Gasteiger partial charge in [0, 0.05) is 23.7 Å². The Labute approximate surface area is 92.3 Å². The van der Waals surface area contributed by atoms with Crippen LogP contribution in [-0.2, 0) is 14.8 Å². The van der Waals surface area contributed by atoms with Gasteiger partial charge in [-0.15, -0.1) is 11.3 Å². The first-order valence-electron chi connectivity index (χ1n) is 4.52. The maximum atomic E-state index is 11.8. The summed E-state index contributed by atoms with van der Waals surface area (Å²) in [6, 6.07) is 1.35. The van der Waals surface area contributed by atoms with Gasteiger partial charge in [0.2, 0.25) is 10.0 Å². The largest absolute Gasteiger partial charge is 0.398 e. The summed E-state index contributed by atoms with van der Waals surface area (Å²) in [6.45, 7) is 1.06. The lowest BCUT2D eigenvalue weighted by Gasteiger charge is -2.09. The van der Waals surface area contributed by atoms with E-state index in [0.29, 0.717) is 18.9 Å². The number of rotatable bonds is 3. The molecular weight excluding hydrogens is 236 g/mol. The summed E-state index contributed by atoms with van der Waals surface area (Å²) >= 11 is 1.12. The molecule has 1 aliphatic heterocycles. The average molecular weight is 248 g/mol. The normalized spacial score (nSPS) is 22.0. The number of ether oxygens (including phenoxy) is 1. The molecule has 15 heavy (non-hydrogen) atoms. The fourth-order valence-electron chi connectivity index (χ4n) is 1.38. The summed E-state index contributed by atoms with van der Waals surface area (Å²) in [4.78, 5) is 0. The number of nitrogen functional groups attached to an aromatic ring is 1. The third-order valence-corrected chi connectivity index (χ3v) is 5.09.